The molecule has 1 N–H and O–H groups in total. The van der Waals surface area contributed by atoms with Crippen molar-refractivity contribution in [2.24, 2.45) is 5.41 Å². The van der Waals surface area contributed by atoms with Crippen LogP contribution in [0.3, 0.4) is 0 Å². The summed E-state index contributed by atoms with van der Waals surface area (Å²) < 4.78 is 56.3. The van der Waals surface area contributed by atoms with Crippen molar-refractivity contribution in [2.75, 3.05) is 31.1 Å². The monoisotopic (exact) mass is 752 g/mol. The van der Waals surface area contributed by atoms with Crippen LogP contribution in [0.2, 0.25) is 0 Å². The molecule has 290 valence electrons. The number of hydrogen-bond acceptors (Lipinski definition) is 8. The normalized spacial score (nSPS) is 19.1. The van der Waals surface area contributed by atoms with Crippen LogP contribution in [0.1, 0.15) is 81.4 Å². The van der Waals surface area contributed by atoms with E-state index in [9.17, 15) is 32.3 Å². The lowest BCUT2D eigenvalue weighted by Crippen LogP contribution is -2.54. The van der Waals surface area contributed by atoms with Gasteiger partial charge in [0.25, 0.3) is 11.8 Å². The number of piperidine rings is 1. The van der Waals surface area contributed by atoms with Crippen LogP contribution < -0.4 is 15.0 Å². The van der Waals surface area contributed by atoms with Crippen LogP contribution in [0.25, 0.3) is 0 Å². The van der Waals surface area contributed by atoms with Crippen molar-refractivity contribution < 1.29 is 46.7 Å². The van der Waals surface area contributed by atoms with Gasteiger partial charge in [-0.3, -0.25) is 9.59 Å². The first kappa shape index (κ1) is 40.1. The zero-order valence-corrected chi connectivity index (χ0v) is 31.4. The Morgan fingerprint density at radius 1 is 1.02 bits per heavy atom. The van der Waals surface area contributed by atoms with Gasteiger partial charge in [0.05, 0.1) is 28.8 Å². The van der Waals surface area contributed by atoms with Crippen LogP contribution in [0.5, 0.6) is 5.75 Å². The third-order valence-electron chi connectivity index (χ3n) is 9.40. The second kappa shape index (κ2) is 16.1. The van der Waals surface area contributed by atoms with Crippen molar-refractivity contribution in [3.05, 3.63) is 95.1 Å². The largest absolute Gasteiger partial charge is 0.471 e. The number of amides is 3. The van der Waals surface area contributed by atoms with E-state index in [1.54, 1.807) is 89.2 Å². The molecule has 14 heteroatoms. The number of hydroxylamine groups is 2. The standard InChI is InChI=1S/C40H47F3N4O7/c1-26(2)47(29-18-13-20-45(24-29)54-36(50)38(3,4)5)34(48)30-22-32-33(23-31(30)40(41,42)43)53-39(6,28-16-11-8-12-17-28)35(49)46(32)21-19-44-37(51)52-25-27-14-9-7-10-15-27/h7-12,14-17,22-23,26,29H,13,18-21,24-25H2,1-6H3,(H,44,51). The van der Waals surface area contributed by atoms with Crippen molar-refractivity contribution in [3.8, 4) is 5.75 Å². The molecule has 0 spiro atoms. The van der Waals surface area contributed by atoms with Crippen molar-refractivity contribution in [3.63, 3.8) is 0 Å². The predicted molar refractivity (Wildman–Crippen MR) is 194 cm³/mol. The third kappa shape index (κ3) is 8.98. The number of rotatable bonds is 10. The maximum Gasteiger partial charge on any atom is 0.417 e. The van der Waals surface area contributed by atoms with E-state index in [4.69, 9.17) is 14.3 Å². The van der Waals surface area contributed by atoms with Crippen molar-refractivity contribution in [1.29, 1.82) is 0 Å². The first-order chi connectivity index (χ1) is 25.4. The second-order valence-electron chi connectivity index (χ2n) is 14.9. The molecule has 1 saturated heterocycles. The molecule has 0 bridgehead atoms. The summed E-state index contributed by atoms with van der Waals surface area (Å²) in [6.07, 6.45) is -4.73. The van der Waals surface area contributed by atoms with Gasteiger partial charge < -0.3 is 29.4 Å². The molecule has 3 aromatic carbocycles. The molecule has 3 amide bonds. The molecule has 11 nitrogen and oxygen atoms in total. The van der Waals surface area contributed by atoms with E-state index in [1.165, 1.54) is 21.8 Å². The van der Waals surface area contributed by atoms with E-state index in [2.05, 4.69) is 5.32 Å². The predicted octanol–water partition coefficient (Wildman–Crippen LogP) is 7.09. The fraction of sp³-hybridized carbons (Fsp3) is 0.450. The first-order valence-corrected chi connectivity index (χ1v) is 18.0. The summed E-state index contributed by atoms with van der Waals surface area (Å²) in [7, 11) is 0. The number of benzene rings is 3. The number of carbonyl (C=O) groups is 4. The Kier molecular flexibility index (Phi) is 11.9. The Labute approximate surface area is 313 Å². The maximum atomic E-state index is 14.9. The summed E-state index contributed by atoms with van der Waals surface area (Å²) >= 11 is 0. The highest BCUT2D eigenvalue weighted by Gasteiger charge is 2.48. The molecule has 0 aliphatic carbocycles. The fourth-order valence-electron chi connectivity index (χ4n) is 6.55. The van der Waals surface area contributed by atoms with Gasteiger partial charge in [-0.05, 0) is 72.1 Å². The van der Waals surface area contributed by atoms with Crippen molar-refractivity contribution in [1.82, 2.24) is 15.3 Å². The number of hydrogen-bond donors (Lipinski definition) is 1. The number of fused-ring (bicyclic) bond motifs is 1. The highest BCUT2D eigenvalue weighted by Crippen LogP contribution is 2.47. The molecule has 0 saturated carbocycles. The highest BCUT2D eigenvalue weighted by atomic mass is 19.4. The first-order valence-electron chi connectivity index (χ1n) is 18.0. The van der Waals surface area contributed by atoms with Crippen molar-refractivity contribution in [2.45, 2.75) is 84.9 Å². The van der Waals surface area contributed by atoms with Gasteiger partial charge in [0.1, 0.15) is 12.4 Å². The number of anilines is 1. The molecule has 3 aromatic rings. The zero-order chi connectivity index (χ0) is 39.4. The Morgan fingerprint density at radius 2 is 1.67 bits per heavy atom. The minimum atomic E-state index is -4.98. The Hall–Kier alpha value is -5.11. The Bertz CT molecular complexity index is 1830. The fourth-order valence-corrected chi connectivity index (χ4v) is 6.55. The number of ether oxygens (including phenoxy) is 2. The smallest absolute Gasteiger partial charge is 0.417 e. The van der Waals surface area contributed by atoms with Crippen LogP contribution >= 0.6 is 0 Å². The highest BCUT2D eigenvalue weighted by molar-refractivity contribution is 6.05. The average Bonchev–Trinajstić information content (AvgIpc) is 3.12. The maximum absolute atomic E-state index is 14.9. The van der Waals surface area contributed by atoms with E-state index in [-0.39, 0.29) is 37.7 Å². The van der Waals surface area contributed by atoms with Gasteiger partial charge in [-0.25, -0.2) is 9.59 Å². The van der Waals surface area contributed by atoms with Crippen LogP contribution in [-0.4, -0.2) is 72.1 Å². The number of alkyl carbamates (subject to hydrolysis) is 1. The van der Waals surface area contributed by atoms with E-state index >= 15 is 0 Å². The molecule has 54 heavy (non-hydrogen) atoms. The lowest BCUT2D eigenvalue weighted by molar-refractivity contribution is -0.208. The number of halogens is 3. The van der Waals surface area contributed by atoms with E-state index in [1.807, 2.05) is 6.07 Å². The van der Waals surface area contributed by atoms with E-state index in [0.29, 0.717) is 24.9 Å². The third-order valence-corrected chi connectivity index (χ3v) is 9.40. The van der Waals surface area contributed by atoms with Gasteiger partial charge in [0.2, 0.25) is 5.60 Å². The number of alkyl halides is 3. The lowest BCUT2D eigenvalue weighted by Gasteiger charge is -2.43. The Morgan fingerprint density at radius 3 is 2.28 bits per heavy atom. The van der Waals surface area contributed by atoms with Gasteiger partial charge in [-0.2, -0.15) is 13.2 Å². The molecule has 2 heterocycles. The number of carbonyl (C=O) groups excluding carboxylic acids is 4. The lowest BCUT2D eigenvalue weighted by atomic mass is 9.91. The molecule has 0 aromatic heterocycles. The molecule has 2 aliphatic heterocycles. The van der Waals surface area contributed by atoms with Gasteiger partial charge in [0.15, 0.2) is 0 Å². The molecule has 5 rings (SSSR count). The van der Waals surface area contributed by atoms with Gasteiger partial charge in [-0.15, -0.1) is 5.06 Å². The van der Waals surface area contributed by atoms with Gasteiger partial charge in [-0.1, -0.05) is 60.7 Å². The van der Waals surface area contributed by atoms with Crippen LogP contribution in [-0.2, 0) is 37.5 Å². The summed E-state index contributed by atoms with van der Waals surface area (Å²) in [5.74, 6) is -2.24. The second-order valence-corrected chi connectivity index (χ2v) is 14.9. The molecule has 0 radical (unpaired) electrons. The van der Waals surface area contributed by atoms with E-state index < -0.39 is 64.3 Å². The SMILES string of the molecule is CC(C)N(C(=O)c1cc2c(cc1C(F)(F)F)OC(C)(c1ccccc1)C(=O)N2CCNC(=O)OCc1ccccc1)C1CCCN(OC(=O)C(C)(C)C)C1. The van der Waals surface area contributed by atoms with Gasteiger partial charge >= 0.3 is 18.2 Å². The minimum Gasteiger partial charge on any atom is -0.471 e. The summed E-state index contributed by atoms with van der Waals surface area (Å²) in [4.78, 5) is 62.2. The quantitative estimate of drug-likeness (QED) is 0.233. The average molecular weight is 753 g/mol. The Balaban J connectivity index is 1.49. The van der Waals surface area contributed by atoms with E-state index in [0.717, 1.165) is 17.7 Å². The molecule has 2 unspecified atom stereocenters. The summed E-state index contributed by atoms with van der Waals surface area (Å²) in [6.45, 7) is 10.2. The van der Waals surface area contributed by atoms with Crippen LogP contribution in [0.4, 0.5) is 23.7 Å². The van der Waals surface area contributed by atoms with Crippen molar-refractivity contribution >= 4 is 29.6 Å². The molecule has 2 atom stereocenters. The summed E-state index contributed by atoms with van der Waals surface area (Å²) in [6, 6.07) is 18.1. The molecular weight excluding hydrogens is 705 g/mol. The topological polar surface area (TPSA) is 118 Å². The van der Waals surface area contributed by atoms with Crippen LogP contribution in [0, 0.1) is 5.41 Å². The molecular formula is C40H47F3N4O7. The number of nitrogens with zero attached hydrogens (tertiary/aromatic N) is 3. The zero-order valence-electron chi connectivity index (χ0n) is 31.4. The summed E-state index contributed by atoms with van der Waals surface area (Å²) in [5.41, 5.74) is -3.31. The number of nitrogens with one attached hydrogen (secondary N) is 1. The van der Waals surface area contributed by atoms with Crippen LogP contribution in [0.15, 0.2) is 72.8 Å². The minimum absolute atomic E-state index is 0.00783. The molecule has 1 fully saturated rings. The summed E-state index contributed by atoms with van der Waals surface area (Å²) in [5, 5.41) is 4.06. The van der Waals surface area contributed by atoms with Gasteiger partial charge in [0, 0.05) is 37.3 Å². The molecule has 2 aliphatic rings.